The number of hydrogen-bond donors (Lipinski definition) is 1. The number of H-pyrrole nitrogens is 1. The standard InChI is InChI=1S/C10H10ClN3O4S/c1-13(19(2,17)18)14-9(15)7-4-3-6(11)5-8(7)12-10(14)16/h3-5H,1-2H3,(H,12,16). The van der Waals surface area contributed by atoms with Gasteiger partial charge in [-0.3, -0.25) is 4.79 Å². The third-order valence-electron chi connectivity index (χ3n) is 2.60. The van der Waals surface area contributed by atoms with Crippen LogP contribution in [0.1, 0.15) is 0 Å². The SMILES string of the molecule is CN(n1c(=O)[nH]c2cc(Cl)ccc2c1=O)S(C)(=O)=O. The number of nitrogens with one attached hydrogen (secondary N) is 1. The van der Waals surface area contributed by atoms with E-state index in [4.69, 9.17) is 11.6 Å². The van der Waals surface area contributed by atoms with Crippen molar-refractivity contribution in [2.75, 3.05) is 17.7 Å². The third-order valence-corrected chi connectivity index (χ3v) is 3.96. The Kier molecular flexibility index (Phi) is 3.15. The zero-order chi connectivity index (χ0) is 14.4. The molecule has 0 aliphatic carbocycles. The van der Waals surface area contributed by atoms with E-state index in [0.717, 1.165) is 13.3 Å². The molecule has 1 heterocycles. The predicted octanol–water partition coefficient (Wildman–Crippen LogP) is -0.129. The monoisotopic (exact) mass is 303 g/mol. The number of benzene rings is 1. The quantitative estimate of drug-likeness (QED) is 0.836. The number of rotatable bonds is 2. The van der Waals surface area contributed by atoms with Crippen LogP contribution < -0.4 is 15.7 Å². The molecule has 1 N–H and O–H groups in total. The van der Waals surface area contributed by atoms with Crippen molar-refractivity contribution in [2.45, 2.75) is 0 Å². The summed E-state index contributed by atoms with van der Waals surface area (Å²) < 4.78 is 23.9. The molecule has 0 aliphatic rings. The van der Waals surface area contributed by atoms with E-state index in [1.165, 1.54) is 18.2 Å². The van der Waals surface area contributed by atoms with E-state index in [1.54, 1.807) is 0 Å². The van der Waals surface area contributed by atoms with Gasteiger partial charge in [0.1, 0.15) is 0 Å². The Morgan fingerprint density at radius 1 is 1.32 bits per heavy atom. The molecule has 7 nitrogen and oxygen atoms in total. The second-order valence-electron chi connectivity index (χ2n) is 3.93. The van der Waals surface area contributed by atoms with Crippen LogP contribution in [0.15, 0.2) is 27.8 Å². The molecule has 0 saturated heterocycles. The molecule has 0 bridgehead atoms. The first-order valence-electron chi connectivity index (χ1n) is 5.10. The van der Waals surface area contributed by atoms with Crippen LogP contribution in [0, 0.1) is 0 Å². The molecule has 0 atom stereocenters. The Morgan fingerprint density at radius 2 is 1.95 bits per heavy atom. The van der Waals surface area contributed by atoms with Crippen LogP contribution in [0.2, 0.25) is 5.02 Å². The Labute approximate surface area is 113 Å². The fourth-order valence-electron chi connectivity index (χ4n) is 1.58. The van der Waals surface area contributed by atoms with E-state index in [0.29, 0.717) is 14.1 Å². The lowest BCUT2D eigenvalue weighted by atomic mass is 10.2. The molecule has 0 spiro atoms. The lowest BCUT2D eigenvalue weighted by Gasteiger charge is -2.17. The number of sulfonamides is 1. The minimum Gasteiger partial charge on any atom is -0.305 e. The van der Waals surface area contributed by atoms with Gasteiger partial charge in [-0.05, 0) is 18.2 Å². The minimum absolute atomic E-state index is 0.166. The molecular formula is C10H10ClN3O4S. The van der Waals surface area contributed by atoms with Gasteiger partial charge in [0.2, 0.25) is 10.0 Å². The van der Waals surface area contributed by atoms with Crippen molar-refractivity contribution in [3.8, 4) is 0 Å². The van der Waals surface area contributed by atoms with Gasteiger partial charge < -0.3 is 4.98 Å². The molecule has 0 saturated carbocycles. The van der Waals surface area contributed by atoms with Crippen molar-refractivity contribution in [1.82, 2.24) is 9.66 Å². The van der Waals surface area contributed by atoms with Gasteiger partial charge in [-0.2, -0.15) is 4.68 Å². The summed E-state index contributed by atoms with van der Waals surface area (Å²) in [5, 5.41) is 0.524. The van der Waals surface area contributed by atoms with Crippen LogP contribution in [0.25, 0.3) is 10.9 Å². The minimum atomic E-state index is -3.73. The van der Waals surface area contributed by atoms with Gasteiger partial charge in [-0.25, -0.2) is 17.6 Å². The van der Waals surface area contributed by atoms with Crippen LogP contribution in [-0.4, -0.2) is 31.4 Å². The molecule has 9 heteroatoms. The normalized spacial score (nSPS) is 11.7. The van der Waals surface area contributed by atoms with Crippen LogP contribution in [0.4, 0.5) is 0 Å². The molecule has 102 valence electrons. The summed E-state index contributed by atoms with van der Waals surface area (Å²) in [6.45, 7) is 0. The van der Waals surface area contributed by atoms with Crippen molar-refractivity contribution < 1.29 is 8.42 Å². The van der Waals surface area contributed by atoms with Crippen molar-refractivity contribution in [3.63, 3.8) is 0 Å². The van der Waals surface area contributed by atoms with Crippen LogP contribution >= 0.6 is 11.6 Å². The zero-order valence-corrected chi connectivity index (χ0v) is 11.6. The van der Waals surface area contributed by atoms with E-state index in [9.17, 15) is 18.0 Å². The summed E-state index contributed by atoms with van der Waals surface area (Å²) in [5.74, 6) is 0. The Bertz CT molecular complexity index is 868. The number of halogens is 1. The van der Waals surface area contributed by atoms with Gasteiger partial charge in [0, 0.05) is 12.1 Å². The maximum Gasteiger partial charge on any atom is 0.348 e. The molecule has 0 radical (unpaired) electrons. The van der Waals surface area contributed by atoms with Crippen molar-refractivity contribution >= 4 is 32.5 Å². The maximum absolute atomic E-state index is 12.1. The Morgan fingerprint density at radius 3 is 2.53 bits per heavy atom. The molecule has 0 amide bonds. The van der Waals surface area contributed by atoms with Gasteiger partial charge >= 0.3 is 5.69 Å². The van der Waals surface area contributed by atoms with Crippen molar-refractivity contribution in [2.24, 2.45) is 0 Å². The van der Waals surface area contributed by atoms with Crippen molar-refractivity contribution in [1.29, 1.82) is 0 Å². The maximum atomic E-state index is 12.1. The fourth-order valence-corrected chi connectivity index (χ4v) is 2.20. The Balaban J connectivity index is 2.89. The van der Waals surface area contributed by atoms with E-state index in [-0.39, 0.29) is 10.9 Å². The number of hydrogen-bond acceptors (Lipinski definition) is 4. The summed E-state index contributed by atoms with van der Waals surface area (Å²) in [6.07, 6.45) is 0.894. The van der Waals surface area contributed by atoms with E-state index in [1.807, 2.05) is 0 Å². The predicted molar refractivity (Wildman–Crippen MR) is 72.8 cm³/mol. The molecule has 1 aromatic carbocycles. The smallest absolute Gasteiger partial charge is 0.305 e. The summed E-state index contributed by atoms with van der Waals surface area (Å²) in [6, 6.07) is 4.32. The Hall–Kier alpha value is -1.80. The lowest BCUT2D eigenvalue weighted by Crippen LogP contribution is -2.50. The average molecular weight is 304 g/mol. The first kappa shape index (κ1) is 13.6. The molecule has 2 rings (SSSR count). The van der Waals surface area contributed by atoms with Crippen LogP contribution in [0.3, 0.4) is 0 Å². The highest BCUT2D eigenvalue weighted by Gasteiger charge is 2.17. The molecule has 0 aliphatic heterocycles. The third kappa shape index (κ3) is 2.36. The molecule has 2 aromatic rings. The van der Waals surface area contributed by atoms with Gasteiger partial charge in [-0.15, -0.1) is 0 Å². The summed E-state index contributed by atoms with van der Waals surface area (Å²) in [7, 11) is -2.61. The number of aromatic amines is 1. The van der Waals surface area contributed by atoms with E-state index >= 15 is 0 Å². The highest BCUT2D eigenvalue weighted by Crippen LogP contribution is 2.13. The second-order valence-corrected chi connectivity index (χ2v) is 6.37. The number of aromatic nitrogens is 2. The molecule has 0 unspecified atom stereocenters. The highest BCUT2D eigenvalue weighted by atomic mass is 35.5. The molecule has 0 fully saturated rings. The molecule has 1 aromatic heterocycles. The van der Waals surface area contributed by atoms with Crippen LogP contribution in [0.5, 0.6) is 0 Å². The second kappa shape index (κ2) is 4.39. The first-order valence-corrected chi connectivity index (χ1v) is 7.33. The summed E-state index contributed by atoms with van der Waals surface area (Å²) in [5.41, 5.74) is -1.34. The molecular weight excluding hydrogens is 294 g/mol. The van der Waals surface area contributed by atoms with Gasteiger partial charge in [0.15, 0.2) is 0 Å². The van der Waals surface area contributed by atoms with E-state index < -0.39 is 21.3 Å². The number of fused-ring (bicyclic) bond motifs is 1. The van der Waals surface area contributed by atoms with Gasteiger partial charge in [0.25, 0.3) is 5.56 Å². The van der Waals surface area contributed by atoms with Gasteiger partial charge in [0.05, 0.1) is 17.2 Å². The first-order chi connectivity index (χ1) is 8.71. The fraction of sp³-hybridized carbons (Fsp3) is 0.200. The summed E-state index contributed by atoms with van der Waals surface area (Å²) in [4.78, 5) is 26.4. The molecule has 19 heavy (non-hydrogen) atoms. The topological polar surface area (TPSA) is 92.2 Å². The average Bonchev–Trinajstić information content (AvgIpc) is 2.26. The highest BCUT2D eigenvalue weighted by molar-refractivity contribution is 7.91. The van der Waals surface area contributed by atoms with E-state index in [2.05, 4.69) is 4.98 Å². The van der Waals surface area contributed by atoms with Gasteiger partial charge in [-0.1, -0.05) is 11.6 Å². The van der Waals surface area contributed by atoms with Crippen molar-refractivity contribution in [3.05, 3.63) is 44.1 Å². The lowest BCUT2D eigenvalue weighted by molar-refractivity contribution is 0.577. The summed E-state index contributed by atoms with van der Waals surface area (Å²) >= 11 is 5.76. The number of nitrogens with zero attached hydrogens (tertiary/aromatic N) is 2. The zero-order valence-electron chi connectivity index (χ0n) is 10.0. The largest absolute Gasteiger partial charge is 0.348 e. The van der Waals surface area contributed by atoms with Crippen LogP contribution in [-0.2, 0) is 10.0 Å².